The van der Waals surface area contributed by atoms with Crippen molar-refractivity contribution >= 4 is 34.7 Å². The van der Waals surface area contributed by atoms with Gasteiger partial charge in [-0.3, -0.25) is 4.79 Å². The van der Waals surface area contributed by atoms with Gasteiger partial charge >= 0.3 is 0 Å². The first-order valence-electron chi connectivity index (χ1n) is 15.3. The molecule has 0 atom stereocenters. The lowest BCUT2D eigenvalue weighted by molar-refractivity contribution is 0.102. The van der Waals surface area contributed by atoms with Gasteiger partial charge in [0.15, 0.2) is 17.4 Å². The number of ether oxygens (including phenoxy) is 1. The molecule has 0 aromatic heterocycles. The van der Waals surface area contributed by atoms with E-state index in [1.54, 1.807) is 24.9 Å². The number of nitrogens with zero attached hydrogens (tertiary/aromatic N) is 1. The second kappa shape index (κ2) is 19.2. The number of fused-ring (bicyclic) bond motifs is 1. The molecule has 0 bridgehead atoms. The number of carbonyl (C=O) groups excluding carboxylic acids is 1. The first-order chi connectivity index (χ1) is 22.5. The lowest BCUT2D eigenvalue weighted by Gasteiger charge is -2.25. The zero-order chi connectivity index (χ0) is 35.3. The van der Waals surface area contributed by atoms with Crippen LogP contribution in [0.1, 0.15) is 68.4 Å². The minimum absolute atomic E-state index is 0.232. The highest BCUT2D eigenvalue weighted by Crippen LogP contribution is 2.36. The molecule has 0 radical (unpaired) electrons. The van der Waals surface area contributed by atoms with Crippen molar-refractivity contribution < 1.29 is 27.8 Å². The van der Waals surface area contributed by atoms with Crippen molar-refractivity contribution in [3.8, 4) is 5.75 Å². The van der Waals surface area contributed by atoms with Crippen LogP contribution in [0.5, 0.6) is 5.75 Å². The lowest BCUT2D eigenvalue weighted by Crippen LogP contribution is -2.20. The van der Waals surface area contributed by atoms with Crippen molar-refractivity contribution in [2.24, 2.45) is 0 Å². The molecule has 0 unspecified atom stereocenters. The monoisotopic (exact) mass is 688 g/mol. The van der Waals surface area contributed by atoms with Crippen LogP contribution in [-0.4, -0.2) is 43.6 Å². The van der Waals surface area contributed by atoms with E-state index in [4.69, 9.17) is 21.4 Å². The minimum atomic E-state index is -1.00. The molecule has 10 heteroatoms. The zero-order valence-corrected chi connectivity index (χ0v) is 29.6. The fraction of sp³-hybridized carbons (Fsp3) is 0.324. The maximum atomic E-state index is 14.5. The van der Waals surface area contributed by atoms with Gasteiger partial charge in [0.2, 0.25) is 0 Å². The van der Waals surface area contributed by atoms with Crippen molar-refractivity contribution in [2.75, 3.05) is 27.8 Å². The third kappa shape index (κ3) is 10.4. The van der Waals surface area contributed by atoms with E-state index in [1.807, 2.05) is 57.8 Å². The van der Waals surface area contributed by atoms with Gasteiger partial charge in [-0.15, -0.1) is 0 Å². The van der Waals surface area contributed by atoms with Crippen molar-refractivity contribution in [3.05, 3.63) is 127 Å². The topological polar surface area (TPSA) is 61.8 Å². The Morgan fingerprint density at radius 1 is 1.11 bits per heavy atom. The second-order valence-corrected chi connectivity index (χ2v) is 12.1. The van der Waals surface area contributed by atoms with Crippen LogP contribution in [0.4, 0.5) is 13.2 Å². The van der Waals surface area contributed by atoms with Gasteiger partial charge in [-0.2, -0.15) is 0 Å². The number of allylic oxidation sites excluding steroid dienone is 9. The molecule has 254 valence electrons. The number of rotatable bonds is 10. The molecule has 0 spiro atoms. The van der Waals surface area contributed by atoms with Crippen LogP contribution in [0.3, 0.4) is 0 Å². The summed E-state index contributed by atoms with van der Waals surface area (Å²) in [6.07, 6.45) is 4.67. The third-order valence-corrected chi connectivity index (χ3v) is 8.74. The summed E-state index contributed by atoms with van der Waals surface area (Å²) < 4.78 is 48.7. The highest BCUT2D eigenvalue weighted by molar-refractivity contribution is 8.06. The highest BCUT2D eigenvalue weighted by atomic mass is 35.5. The first-order valence-corrected chi connectivity index (χ1v) is 16.5. The number of halogens is 4. The van der Waals surface area contributed by atoms with Crippen LogP contribution in [-0.2, 0) is 6.54 Å². The largest absolute Gasteiger partial charge is 0.492 e. The molecule has 0 amide bonds. The molecule has 2 aromatic carbocycles. The maximum Gasteiger partial charge on any atom is 0.191 e. The van der Waals surface area contributed by atoms with Crippen LogP contribution >= 0.6 is 23.4 Å². The molecule has 0 fully saturated rings. The van der Waals surface area contributed by atoms with Crippen molar-refractivity contribution in [1.82, 2.24) is 10.2 Å². The van der Waals surface area contributed by atoms with Gasteiger partial charge < -0.3 is 20.1 Å². The summed E-state index contributed by atoms with van der Waals surface area (Å²) in [4.78, 5) is 16.8. The van der Waals surface area contributed by atoms with E-state index in [0.717, 1.165) is 40.3 Å². The number of ketones is 1. The van der Waals surface area contributed by atoms with Gasteiger partial charge in [0.05, 0.1) is 16.7 Å². The van der Waals surface area contributed by atoms with E-state index in [2.05, 4.69) is 11.9 Å². The summed E-state index contributed by atoms with van der Waals surface area (Å²) >= 11 is 8.11. The van der Waals surface area contributed by atoms with Gasteiger partial charge in [-0.1, -0.05) is 62.0 Å². The standard InChI is InChI=1S/C34H34ClF3N2O2S.C2H6.CH4O/c1-20(21(2)43-22(3)39-4)23-12-14-32(29(35)16-23)42-15-7-9-27-33(24-8-6-10-30(37)31(38)17-24)40(5)19-25-11-13-26(36)18-28(25)34(27)41;2*1-2/h6,10-14,16-18,39H,3,7-9,15,19H2,1-2,4-5H3;1-2H3;2H,1H3/b21-20+;;. The summed E-state index contributed by atoms with van der Waals surface area (Å²) in [6.45, 7) is 12.5. The Morgan fingerprint density at radius 3 is 2.47 bits per heavy atom. The average Bonchev–Trinajstić information content (AvgIpc) is 3.29. The van der Waals surface area contributed by atoms with Gasteiger partial charge in [0, 0.05) is 44.6 Å². The number of thioether (sulfide) groups is 1. The number of aliphatic hydroxyl groups is 1. The SMILES string of the molecule is C=C(NC)S/C(C)=C(\C)c1ccc(OCCCC2=C(C3=CC(F)=C(F)C=CC3)N(C)Cc3ccc(F)cc3C2=O)c(Cl)c1.CC.CO. The van der Waals surface area contributed by atoms with Crippen LogP contribution in [0.25, 0.3) is 5.57 Å². The quantitative estimate of drug-likeness (QED) is 0.242. The van der Waals surface area contributed by atoms with Crippen LogP contribution in [0.2, 0.25) is 5.02 Å². The van der Waals surface area contributed by atoms with Crippen molar-refractivity contribution in [2.45, 2.75) is 53.5 Å². The zero-order valence-electron chi connectivity index (χ0n) is 28.1. The smallest absolute Gasteiger partial charge is 0.191 e. The van der Waals surface area contributed by atoms with Crippen LogP contribution in [0, 0.1) is 5.82 Å². The number of benzene rings is 2. The second-order valence-electron chi connectivity index (χ2n) is 10.3. The minimum Gasteiger partial charge on any atom is -0.492 e. The lowest BCUT2D eigenvalue weighted by atomic mass is 9.93. The van der Waals surface area contributed by atoms with Crippen molar-refractivity contribution in [1.29, 1.82) is 0 Å². The normalized spacial score (nSPS) is 14.9. The van der Waals surface area contributed by atoms with Gasteiger partial charge in [-0.25, -0.2) is 13.2 Å². The molecular formula is C37H44ClF3N2O3S. The number of hydrogen-bond donors (Lipinski definition) is 2. The Bertz CT molecular complexity index is 1610. The Hall–Kier alpha value is -3.66. The summed E-state index contributed by atoms with van der Waals surface area (Å²) in [5.41, 5.74) is 4.32. The summed E-state index contributed by atoms with van der Waals surface area (Å²) in [5.74, 6) is -2.32. The van der Waals surface area contributed by atoms with Gasteiger partial charge in [0.25, 0.3) is 0 Å². The van der Waals surface area contributed by atoms with Gasteiger partial charge in [0.1, 0.15) is 11.6 Å². The maximum absolute atomic E-state index is 14.5. The molecule has 2 aliphatic rings. The molecule has 5 nitrogen and oxygen atoms in total. The molecule has 1 aliphatic carbocycles. The predicted molar refractivity (Wildman–Crippen MR) is 190 cm³/mol. The average molecular weight is 689 g/mol. The van der Waals surface area contributed by atoms with E-state index in [9.17, 15) is 18.0 Å². The number of hydrogen-bond acceptors (Lipinski definition) is 6. The number of nitrogens with one attached hydrogen (secondary N) is 1. The molecule has 47 heavy (non-hydrogen) atoms. The third-order valence-electron chi connectivity index (χ3n) is 7.38. The van der Waals surface area contributed by atoms with E-state index in [-0.39, 0.29) is 30.8 Å². The molecule has 1 heterocycles. The Kier molecular flexibility index (Phi) is 16.2. The Morgan fingerprint density at radius 2 is 1.81 bits per heavy atom. The molecule has 0 saturated heterocycles. The van der Waals surface area contributed by atoms with E-state index >= 15 is 0 Å². The van der Waals surface area contributed by atoms with E-state index in [1.165, 1.54) is 18.2 Å². The summed E-state index contributed by atoms with van der Waals surface area (Å²) in [6, 6.07) is 9.73. The van der Waals surface area contributed by atoms with Crippen LogP contribution < -0.4 is 10.1 Å². The molecule has 4 rings (SSSR count). The van der Waals surface area contributed by atoms with Gasteiger partial charge in [-0.05, 0) is 96.7 Å². The summed E-state index contributed by atoms with van der Waals surface area (Å²) in [7, 11) is 4.61. The molecular weight excluding hydrogens is 645 g/mol. The fourth-order valence-corrected chi connectivity index (χ4v) is 5.99. The predicted octanol–water partition coefficient (Wildman–Crippen LogP) is 10.1. The van der Waals surface area contributed by atoms with Crippen molar-refractivity contribution in [3.63, 3.8) is 0 Å². The highest BCUT2D eigenvalue weighted by Gasteiger charge is 2.29. The first kappa shape index (κ1) is 39.5. The number of carbonyl (C=O) groups is 1. The Labute approximate surface area is 286 Å². The molecule has 2 aromatic rings. The Balaban J connectivity index is 0.00000185. The van der Waals surface area contributed by atoms with Crippen LogP contribution in [0.15, 0.2) is 99.6 Å². The van der Waals surface area contributed by atoms with E-state index < -0.39 is 17.5 Å². The fourth-order valence-electron chi connectivity index (χ4n) is 5.02. The summed E-state index contributed by atoms with van der Waals surface area (Å²) in [5, 5.41) is 11.3. The molecule has 2 N–H and O–H groups in total. The van der Waals surface area contributed by atoms with E-state index in [0.29, 0.717) is 46.1 Å². The molecule has 1 aliphatic heterocycles. The number of Topliss-reactive ketones (excluding diaryl/α,β-unsaturated/α-hetero) is 1. The number of aliphatic hydroxyl groups excluding tert-OH is 1. The number of likely N-dealkylation sites (N-methyl/N-ethyl adjacent to an activating group) is 1. The molecule has 0 saturated carbocycles.